The summed E-state index contributed by atoms with van der Waals surface area (Å²) in [6.07, 6.45) is -28.4. The maximum Gasteiger partial charge on any atom is 0.460 e. The van der Waals surface area contributed by atoms with Crippen molar-refractivity contribution in [3.8, 4) is 5.75 Å². The molecule has 3 nitrogen and oxygen atoms in total. The SMILES string of the molecule is CC1(C)COC(CCC(F)(F)C(F)(F)C(F)(F)C(F)(F)C(F)(F)C(F)(F)F)(c2cccc(O)c2)OC1CCC(F)(F)C(F)(F)C(F)(F)C(F)(F)C(F)(F)C(F)(F)F. The van der Waals surface area contributed by atoms with E-state index in [4.69, 9.17) is 9.47 Å². The summed E-state index contributed by atoms with van der Waals surface area (Å²) in [4.78, 5) is 0. The highest BCUT2D eigenvalue weighted by Crippen LogP contribution is 2.63. The second kappa shape index (κ2) is 14.1. The van der Waals surface area contributed by atoms with E-state index in [1.54, 1.807) is 0 Å². The first-order valence-corrected chi connectivity index (χ1v) is 14.8. The predicted octanol–water partition coefficient (Wildman–Crippen LogP) is 12.0. The van der Waals surface area contributed by atoms with E-state index in [-0.39, 0.29) is 0 Å². The largest absolute Gasteiger partial charge is 0.508 e. The molecule has 29 heteroatoms. The molecule has 57 heavy (non-hydrogen) atoms. The van der Waals surface area contributed by atoms with E-state index in [0.29, 0.717) is 24.3 Å². The minimum Gasteiger partial charge on any atom is -0.508 e. The van der Waals surface area contributed by atoms with Gasteiger partial charge in [0, 0.05) is 30.2 Å². The zero-order chi connectivity index (χ0) is 45.5. The Kier molecular flexibility index (Phi) is 12.4. The number of hydrogen-bond donors (Lipinski definition) is 1. The van der Waals surface area contributed by atoms with Gasteiger partial charge in [-0.3, -0.25) is 0 Å². The molecule has 0 spiro atoms. The average Bonchev–Trinajstić information content (AvgIpc) is 3.01. The average molecular weight is 900 g/mol. The Bertz CT molecular complexity index is 1580. The summed E-state index contributed by atoms with van der Waals surface area (Å²) >= 11 is 0. The molecule has 0 aliphatic carbocycles. The fraction of sp³-hybridized carbons (Fsp3) is 0.786. The Labute approximate surface area is 300 Å². The monoisotopic (exact) mass is 900 g/mol. The van der Waals surface area contributed by atoms with E-state index in [1.807, 2.05) is 0 Å². The van der Waals surface area contributed by atoms with Crippen LogP contribution in [-0.2, 0) is 15.3 Å². The summed E-state index contributed by atoms with van der Waals surface area (Å²) in [7, 11) is 0. The Hall–Kier alpha value is -2.88. The first-order chi connectivity index (χ1) is 24.7. The van der Waals surface area contributed by atoms with Crippen LogP contribution in [0.25, 0.3) is 0 Å². The van der Waals surface area contributed by atoms with Crippen molar-refractivity contribution in [2.45, 2.75) is 123 Å². The molecule has 0 amide bonds. The third-order valence-electron chi connectivity index (χ3n) is 8.65. The van der Waals surface area contributed by atoms with Gasteiger partial charge >= 0.3 is 71.6 Å². The van der Waals surface area contributed by atoms with Crippen LogP contribution in [-0.4, -0.2) is 89.4 Å². The summed E-state index contributed by atoms with van der Waals surface area (Å²) < 4.78 is 365. The van der Waals surface area contributed by atoms with Crippen LogP contribution in [0.15, 0.2) is 24.3 Å². The van der Waals surface area contributed by atoms with E-state index in [9.17, 15) is 119 Å². The quantitative estimate of drug-likeness (QED) is 0.178. The number of ether oxygens (including phenoxy) is 2. The normalized spacial score (nSPS) is 21.9. The molecule has 1 saturated heterocycles. The fourth-order valence-electron chi connectivity index (χ4n) is 4.99. The van der Waals surface area contributed by atoms with Crippen LogP contribution in [0, 0.1) is 5.41 Å². The van der Waals surface area contributed by atoms with Gasteiger partial charge < -0.3 is 14.6 Å². The minimum absolute atomic E-state index is 0.338. The first-order valence-electron chi connectivity index (χ1n) is 14.8. The van der Waals surface area contributed by atoms with Gasteiger partial charge in [0.05, 0.1) is 12.7 Å². The Morgan fingerprint density at radius 3 is 1.28 bits per heavy atom. The molecule has 2 atom stereocenters. The lowest BCUT2D eigenvalue weighted by molar-refractivity contribution is -0.441. The van der Waals surface area contributed by atoms with E-state index in [1.165, 1.54) is 0 Å². The molecule has 1 aliphatic rings. The van der Waals surface area contributed by atoms with Gasteiger partial charge in [0.15, 0.2) is 5.79 Å². The van der Waals surface area contributed by atoms with Crippen LogP contribution in [0.3, 0.4) is 0 Å². The number of phenols is 1. The molecule has 0 aromatic heterocycles. The lowest BCUT2D eigenvalue weighted by atomic mass is 9.80. The van der Waals surface area contributed by atoms with Crippen molar-refractivity contribution in [2.75, 3.05) is 6.61 Å². The molecule has 0 saturated carbocycles. The van der Waals surface area contributed by atoms with Crippen molar-refractivity contribution in [1.82, 2.24) is 0 Å². The van der Waals surface area contributed by atoms with Crippen LogP contribution in [0.2, 0.25) is 0 Å². The number of halogens is 26. The maximum atomic E-state index is 14.8. The summed E-state index contributed by atoms with van der Waals surface area (Å²) in [5.74, 6) is -83.2. The molecule has 1 aromatic rings. The molecular formula is C28H22F26O3. The number of aromatic hydroxyl groups is 1. The van der Waals surface area contributed by atoms with E-state index < -0.39 is 132 Å². The lowest BCUT2D eigenvalue weighted by Gasteiger charge is -2.50. The second-order valence-corrected chi connectivity index (χ2v) is 13.2. The van der Waals surface area contributed by atoms with E-state index in [2.05, 4.69) is 0 Å². The number of alkyl halides is 26. The minimum atomic E-state index is -8.34. The first kappa shape index (κ1) is 50.3. The Morgan fingerprint density at radius 1 is 0.544 bits per heavy atom. The van der Waals surface area contributed by atoms with Crippen molar-refractivity contribution in [3.05, 3.63) is 29.8 Å². The zero-order valence-electron chi connectivity index (χ0n) is 27.5. The summed E-state index contributed by atoms with van der Waals surface area (Å²) in [5, 5.41) is 9.81. The Morgan fingerprint density at radius 2 is 0.912 bits per heavy atom. The molecule has 2 unspecified atom stereocenters. The predicted molar refractivity (Wildman–Crippen MR) is 134 cm³/mol. The van der Waals surface area contributed by atoms with Gasteiger partial charge in [-0.25, -0.2) is 0 Å². The highest BCUT2D eigenvalue weighted by molar-refractivity contribution is 5.31. The van der Waals surface area contributed by atoms with Gasteiger partial charge in [-0.2, -0.15) is 114 Å². The highest BCUT2D eigenvalue weighted by Gasteiger charge is 2.92. The van der Waals surface area contributed by atoms with Crippen LogP contribution in [0.1, 0.15) is 45.1 Å². The lowest BCUT2D eigenvalue weighted by Crippen LogP contribution is -2.70. The molecule has 0 radical (unpaired) electrons. The van der Waals surface area contributed by atoms with Crippen LogP contribution in [0.4, 0.5) is 114 Å². The highest BCUT2D eigenvalue weighted by atomic mass is 19.4. The van der Waals surface area contributed by atoms with E-state index in [0.717, 1.165) is 13.8 Å². The van der Waals surface area contributed by atoms with Gasteiger partial charge in [-0.1, -0.05) is 26.0 Å². The van der Waals surface area contributed by atoms with Gasteiger partial charge in [0.1, 0.15) is 5.75 Å². The van der Waals surface area contributed by atoms with E-state index >= 15 is 0 Å². The van der Waals surface area contributed by atoms with Crippen molar-refractivity contribution >= 4 is 0 Å². The Balaban J connectivity index is 2.61. The van der Waals surface area contributed by atoms with Crippen molar-refractivity contribution in [3.63, 3.8) is 0 Å². The molecular weight excluding hydrogens is 878 g/mol. The van der Waals surface area contributed by atoms with Crippen molar-refractivity contribution in [1.29, 1.82) is 0 Å². The maximum absolute atomic E-state index is 14.8. The molecule has 2 rings (SSSR count). The van der Waals surface area contributed by atoms with Crippen molar-refractivity contribution in [2.24, 2.45) is 5.41 Å². The summed E-state index contributed by atoms with van der Waals surface area (Å²) in [5.41, 5.74) is -3.12. The third-order valence-corrected chi connectivity index (χ3v) is 8.65. The van der Waals surface area contributed by atoms with Crippen LogP contribution >= 0.6 is 0 Å². The molecule has 334 valence electrons. The topological polar surface area (TPSA) is 38.7 Å². The smallest absolute Gasteiger partial charge is 0.460 e. The van der Waals surface area contributed by atoms with Gasteiger partial charge in [-0.15, -0.1) is 0 Å². The van der Waals surface area contributed by atoms with Crippen LogP contribution < -0.4 is 0 Å². The number of benzene rings is 1. The number of phenolic OH excluding ortho intramolecular Hbond substituents is 1. The third kappa shape index (κ3) is 7.72. The van der Waals surface area contributed by atoms with Crippen molar-refractivity contribution < 1.29 is 129 Å². The van der Waals surface area contributed by atoms with Gasteiger partial charge in [0.25, 0.3) is 0 Å². The second-order valence-electron chi connectivity index (χ2n) is 13.2. The zero-order valence-corrected chi connectivity index (χ0v) is 27.5. The molecule has 1 N–H and O–H groups in total. The standard InChI is InChI=1S/C28H22F26O3/c1-15(2)11-56-16(12-4-3-5-13(55)10-12,8-9-18(31,32)20(35,36)22(39,40)24(43,44)26(47,48)28(52,53)54)57-14(15)6-7-17(29,30)19(33,34)21(37,38)23(41,42)25(45,46)27(49,50)51/h3-5,10,14,55H,6-9,11H2,1-2H3. The number of rotatable bonds is 15. The molecule has 1 fully saturated rings. The summed E-state index contributed by atoms with van der Waals surface area (Å²) in [6, 6.07) is 2.28. The fourth-order valence-corrected chi connectivity index (χ4v) is 4.99. The van der Waals surface area contributed by atoms with Gasteiger partial charge in [-0.05, 0) is 18.6 Å². The molecule has 1 aliphatic heterocycles. The molecule has 0 bridgehead atoms. The molecule has 1 heterocycles. The molecule has 1 aromatic carbocycles. The summed E-state index contributed by atoms with van der Waals surface area (Å²) in [6.45, 7) is 0.299. The van der Waals surface area contributed by atoms with Gasteiger partial charge in [0.2, 0.25) is 0 Å². The van der Waals surface area contributed by atoms with Crippen LogP contribution in [0.5, 0.6) is 5.75 Å². The number of hydrogen-bond acceptors (Lipinski definition) is 3.